The van der Waals surface area contributed by atoms with Crippen molar-refractivity contribution in [3.63, 3.8) is 0 Å². The fraction of sp³-hybridized carbons (Fsp3) is 0.455. The average Bonchev–Trinajstić information content (AvgIpc) is 2.55. The highest BCUT2D eigenvalue weighted by atomic mass is 32.1. The van der Waals surface area contributed by atoms with Gasteiger partial charge >= 0.3 is 5.97 Å². The number of thiophene rings is 1. The molecule has 1 aromatic rings. The summed E-state index contributed by atoms with van der Waals surface area (Å²) in [6.07, 6.45) is 0. The lowest BCUT2D eigenvalue weighted by atomic mass is 10.1. The Labute approximate surface area is 104 Å². The Balaban J connectivity index is 3.20. The number of anilines is 1. The van der Waals surface area contributed by atoms with E-state index in [1.807, 2.05) is 13.8 Å². The number of amides is 1. The van der Waals surface area contributed by atoms with Gasteiger partial charge in [-0.1, -0.05) is 0 Å². The predicted molar refractivity (Wildman–Crippen MR) is 67.7 cm³/mol. The molecule has 1 heterocycles. The van der Waals surface area contributed by atoms with Crippen molar-refractivity contribution in [2.24, 2.45) is 0 Å². The van der Waals surface area contributed by atoms with Gasteiger partial charge in [-0.05, 0) is 26.3 Å². The Bertz CT molecular complexity index is 450. The lowest BCUT2D eigenvalue weighted by Crippen LogP contribution is -2.30. The van der Waals surface area contributed by atoms with Crippen molar-refractivity contribution in [2.75, 3.05) is 18.8 Å². The highest BCUT2D eigenvalue weighted by Gasteiger charge is 2.24. The first kappa shape index (κ1) is 13.5. The maximum absolute atomic E-state index is 12.1. The SMILES string of the molecule is CCN(CC)C(=O)c1sc(N)c(C(=O)O)c1C. The molecular formula is C11H16N2O3S. The van der Waals surface area contributed by atoms with Crippen molar-refractivity contribution in [1.82, 2.24) is 4.90 Å². The van der Waals surface area contributed by atoms with E-state index in [1.54, 1.807) is 11.8 Å². The van der Waals surface area contributed by atoms with Gasteiger partial charge in [0, 0.05) is 13.1 Å². The Morgan fingerprint density at radius 3 is 2.24 bits per heavy atom. The van der Waals surface area contributed by atoms with Gasteiger partial charge < -0.3 is 15.7 Å². The van der Waals surface area contributed by atoms with Gasteiger partial charge in [-0.15, -0.1) is 11.3 Å². The van der Waals surface area contributed by atoms with Gasteiger partial charge in [0.25, 0.3) is 5.91 Å². The first-order chi connectivity index (χ1) is 7.93. The number of carboxylic acids is 1. The number of nitrogens with zero attached hydrogens (tertiary/aromatic N) is 1. The lowest BCUT2D eigenvalue weighted by molar-refractivity contribution is 0.0698. The lowest BCUT2D eigenvalue weighted by Gasteiger charge is -2.17. The van der Waals surface area contributed by atoms with Crippen LogP contribution in [0.2, 0.25) is 0 Å². The van der Waals surface area contributed by atoms with E-state index < -0.39 is 5.97 Å². The second-order valence-electron chi connectivity index (χ2n) is 3.58. The summed E-state index contributed by atoms with van der Waals surface area (Å²) in [4.78, 5) is 25.2. The molecule has 5 nitrogen and oxygen atoms in total. The molecule has 0 aromatic carbocycles. The quantitative estimate of drug-likeness (QED) is 0.860. The van der Waals surface area contributed by atoms with Crippen LogP contribution in [0.3, 0.4) is 0 Å². The van der Waals surface area contributed by atoms with Crippen molar-refractivity contribution >= 4 is 28.2 Å². The topological polar surface area (TPSA) is 83.6 Å². The van der Waals surface area contributed by atoms with Crippen molar-refractivity contribution < 1.29 is 14.7 Å². The maximum atomic E-state index is 12.1. The first-order valence-corrected chi connectivity index (χ1v) is 6.17. The molecule has 0 aliphatic carbocycles. The van der Waals surface area contributed by atoms with E-state index in [9.17, 15) is 9.59 Å². The normalized spacial score (nSPS) is 10.3. The molecule has 0 atom stereocenters. The molecule has 0 aliphatic rings. The van der Waals surface area contributed by atoms with Crippen LogP contribution in [-0.4, -0.2) is 35.0 Å². The summed E-state index contributed by atoms with van der Waals surface area (Å²) in [6.45, 7) is 6.56. The van der Waals surface area contributed by atoms with Crippen molar-refractivity contribution in [2.45, 2.75) is 20.8 Å². The van der Waals surface area contributed by atoms with E-state index in [1.165, 1.54) is 0 Å². The molecule has 1 amide bonds. The molecule has 6 heteroatoms. The predicted octanol–water partition coefficient (Wildman–Crippen LogP) is 1.82. The largest absolute Gasteiger partial charge is 0.478 e. The minimum atomic E-state index is -1.09. The van der Waals surface area contributed by atoms with Crippen molar-refractivity contribution in [1.29, 1.82) is 0 Å². The molecule has 0 spiro atoms. The molecule has 17 heavy (non-hydrogen) atoms. The molecule has 0 bridgehead atoms. The van der Waals surface area contributed by atoms with Gasteiger partial charge in [0.05, 0.1) is 10.4 Å². The monoisotopic (exact) mass is 256 g/mol. The van der Waals surface area contributed by atoms with Gasteiger partial charge in [-0.25, -0.2) is 4.79 Å². The van der Waals surface area contributed by atoms with Gasteiger partial charge in [0.2, 0.25) is 0 Å². The van der Waals surface area contributed by atoms with Crippen molar-refractivity contribution in [3.05, 3.63) is 16.0 Å². The molecule has 1 rings (SSSR count). The number of hydrogen-bond donors (Lipinski definition) is 2. The Hall–Kier alpha value is -1.56. The number of carboxylic acid groups (broad SMARTS) is 1. The summed E-state index contributed by atoms with van der Waals surface area (Å²) in [5, 5.41) is 9.18. The van der Waals surface area contributed by atoms with E-state index in [2.05, 4.69) is 0 Å². The average molecular weight is 256 g/mol. The van der Waals surface area contributed by atoms with Gasteiger partial charge in [0.15, 0.2) is 0 Å². The molecule has 1 aromatic heterocycles. The zero-order chi connectivity index (χ0) is 13.2. The van der Waals surface area contributed by atoms with E-state index >= 15 is 0 Å². The minimum Gasteiger partial charge on any atom is -0.478 e. The van der Waals surface area contributed by atoms with E-state index in [4.69, 9.17) is 10.8 Å². The second kappa shape index (κ2) is 5.18. The maximum Gasteiger partial charge on any atom is 0.338 e. The molecular weight excluding hydrogens is 240 g/mol. The Morgan fingerprint density at radius 2 is 1.88 bits per heavy atom. The summed E-state index contributed by atoms with van der Waals surface area (Å²) < 4.78 is 0. The van der Waals surface area contributed by atoms with Crippen LogP contribution < -0.4 is 5.73 Å². The second-order valence-corrected chi connectivity index (χ2v) is 4.63. The molecule has 0 fully saturated rings. The zero-order valence-electron chi connectivity index (χ0n) is 10.1. The molecule has 94 valence electrons. The fourth-order valence-electron chi connectivity index (χ4n) is 1.66. The van der Waals surface area contributed by atoms with Crippen LogP contribution in [0.4, 0.5) is 5.00 Å². The van der Waals surface area contributed by atoms with Gasteiger partial charge in [-0.2, -0.15) is 0 Å². The molecule has 0 saturated heterocycles. The number of nitrogens with two attached hydrogens (primary N) is 1. The van der Waals surface area contributed by atoms with Crippen LogP contribution in [0.25, 0.3) is 0 Å². The highest BCUT2D eigenvalue weighted by Crippen LogP contribution is 2.31. The van der Waals surface area contributed by atoms with E-state index in [0.717, 1.165) is 11.3 Å². The number of nitrogen functional groups attached to an aromatic ring is 1. The van der Waals surface area contributed by atoms with Crippen LogP contribution >= 0.6 is 11.3 Å². The van der Waals surface area contributed by atoms with Crippen LogP contribution in [-0.2, 0) is 0 Å². The number of carbonyl (C=O) groups excluding carboxylic acids is 1. The molecule has 0 radical (unpaired) electrons. The van der Waals surface area contributed by atoms with Crippen LogP contribution in [0, 0.1) is 6.92 Å². The number of carbonyl (C=O) groups is 2. The van der Waals surface area contributed by atoms with E-state index in [0.29, 0.717) is 23.5 Å². The minimum absolute atomic E-state index is 0.0468. The van der Waals surface area contributed by atoms with Crippen LogP contribution in [0.5, 0.6) is 0 Å². The third-order valence-electron chi connectivity index (χ3n) is 2.63. The van der Waals surface area contributed by atoms with Crippen LogP contribution in [0.1, 0.15) is 39.4 Å². The molecule has 0 saturated carbocycles. The Kier molecular flexibility index (Phi) is 4.11. The third kappa shape index (κ3) is 2.41. The molecule has 3 N–H and O–H groups in total. The summed E-state index contributed by atoms with van der Waals surface area (Å²) >= 11 is 1.04. The first-order valence-electron chi connectivity index (χ1n) is 5.35. The standard InChI is InChI=1S/C11H16N2O3S/c1-4-13(5-2)10(14)8-6(3)7(11(15)16)9(12)17-8/h4-5,12H2,1-3H3,(H,15,16). The van der Waals surface area contributed by atoms with E-state index in [-0.39, 0.29) is 16.5 Å². The van der Waals surface area contributed by atoms with Crippen molar-refractivity contribution in [3.8, 4) is 0 Å². The zero-order valence-corrected chi connectivity index (χ0v) is 10.9. The molecule has 0 aliphatic heterocycles. The van der Waals surface area contributed by atoms with Gasteiger partial charge in [0.1, 0.15) is 5.00 Å². The summed E-state index contributed by atoms with van der Waals surface area (Å²) in [7, 11) is 0. The fourth-order valence-corrected chi connectivity index (χ4v) is 2.69. The van der Waals surface area contributed by atoms with Crippen LogP contribution in [0.15, 0.2) is 0 Å². The number of hydrogen-bond acceptors (Lipinski definition) is 4. The number of rotatable bonds is 4. The smallest absolute Gasteiger partial charge is 0.338 e. The summed E-state index contributed by atoms with van der Waals surface area (Å²) in [5.74, 6) is -1.24. The summed E-state index contributed by atoms with van der Waals surface area (Å²) in [5.41, 5.74) is 6.13. The summed E-state index contributed by atoms with van der Waals surface area (Å²) in [6, 6.07) is 0. The Morgan fingerprint density at radius 1 is 1.35 bits per heavy atom. The third-order valence-corrected chi connectivity index (χ3v) is 3.74. The molecule has 0 unspecified atom stereocenters. The van der Waals surface area contributed by atoms with Gasteiger partial charge in [-0.3, -0.25) is 4.79 Å². The highest BCUT2D eigenvalue weighted by molar-refractivity contribution is 7.18. The number of aromatic carboxylic acids is 1.